The molecule has 0 radical (unpaired) electrons. The number of carbonyl (C=O) groups is 1. The SMILES string of the molecule is COC(=O)CCc1ccccc1P(=O)(O)O. The molecule has 0 aliphatic rings. The molecule has 0 fully saturated rings. The van der Waals surface area contributed by atoms with Crippen LogP contribution in [0.1, 0.15) is 12.0 Å². The number of hydrogen-bond acceptors (Lipinski definition) is 3. The summed E-state index contributed by atoms with van der Waals surface area (Å²) in [5, 5.41) is -0.0288. The molecule has 1 aromatic rings. The van der Waals surface area contributed by atoms with Gasteiger partial charge in [-0.15, -0.1) is 0 Å². The van der Waals surface area contributed by atoms with Gasteiger partial charge in [-0.2, -0.15) is 0 Å². The van der Waals surface area contributed by atoms with Crippen LogP contribution in [0.15, 0.2) is 24.3 Å². The van der Waals surface area contributed by atoms with E-state index in [9.17, 15) is 9.36 Å². The summed E-state index contributed by atoms with van der Waals surface area (Å²) in [5.41, 5.74) is 0.473. The van der Waals surface area contributed by atoms with Gasteiger partial charge >= 0.3 is 13.6 Å². The van der Waals surface area contributed by atoms with Crippen LogP contribution < -0.4 is 5.30 Å². The zero-order chi connectivity index (χ0) is 12.2. The van der Waals surface area contributed by atoms with E-state index in [-0.39, 0.29) is 18.1 Å². The minimum absolute atomic E-state index is 0.0288. The number of rotatable bonds is 4. The summed E-state index contributed by atoms with van der Waals surface area (Å²) >= 11 is 0. The van der Waals surface area contributed by atoms with E-state index >= 15 is 0 Å². The Morgan fingerprint density at radius 1 is 1.38 bits per heavy atom. The lowest BCUT2D eigenvalue weighted by Gasteiger charge is -2.09. The average molecular weight is 244 g/mol. The molecule has 1 rings (SSSR count). The number of carbonyl (C=O) groups excluding carboxylic acids is 1. The number of aryl methyl sites for hydroxylation is 1. The van der Waals surface area contributed by atoms with Crippen molar-refractivity contribution in [2.75, 3.05) is 7.11 Å². The van der Waals surface area contributed by atoms with E-state index in [4.69, 9.17) is 9.79 Å². The highest BCUT2D eigenvalue weighted by atomic mass is 31.2. The summed E-state index contributed by atoms with van der Waals surface area (Å²) in [7, 11) is -3.00. The highest BCUT2D eigenvalue weighted by Gasteiger charge is 2.20. The van der Waals surface area contributed by atoms with Crippen LogP contribution in [0.3, 0.4) is 0 Å². The molecule has 0 saturated carbocycles. The number of esters is 1. The van der Waals surface area contributed by atoms with E-state index in [1.807, 2.05) is 0 Å². The number of ether oxygens (including phenoxy) is 1. The molecule has 0 atom stereocenters. The first-order valence-corrected chi connectivity index (χ1v) is 6.27. The van der Waals surface area contributed by atoms with Crippen molar-refractivity contribution in [1.82, 2.24) is 0 Å². The van der Waals surface area contributed by atoms with Crippen molar-refractivity contribution in [2.45, 2.75) is 12.8 Å². The van der Waals surface area contributed by atoms with E-state index in [1.165, 1.54) is 13.2 Å². The molecule has 0 aliphatic heterocycles. The first kappa shape index (κ1) is 12.9. The van der Waals surface area contributed by atoms with Crippen LogP contribution in [0.25, 0.3) is 0 Å². The van der Waals surface area contributed by atoms with Gasteiger partial charge in [0.2, 0.25) is 0 Å². The lowest BCUT2D eigenvalue weighted by atomic mass is 10.1. The van der Waals surface area contributed by atoms with Crippen molar-refractivity contribution in [3.05, 3.63) is 29.8 Å². The molecule has 0 unspecified atom stereocenters. The Balaban J connectivity index is 2.88. The third-order valence-corrected chi connectivity index (χ3v) is 3.20. The fraction of sp³-hybridized carbons (Fsp3) is 0.300. The summed E-state index contributed by atoms with van der Waals surface area (Å²) in [6, 6.07) is 6.19. The standard InChI is InChI=1S/C10H13O5P/c1-15-10(11)7-6-8-4-2-3-5-9(8)16(12,13)14/h2-5H,6-7H2,1H3,(H2,12,13,14). The number of benzene rings is 1. The van der Waals surface area contributed by atoms with Gasteiger partial charge in [-0.05, 0) is 18.1 Å². The highest BCUT2D eigenvalue weighted by molar-refractivity contribution is 7.60. The summed E-state index contributed by atoms with van der Waals surface area (Å²) in [6.07, 6.45) is 0.363. The van der Waals surface area contributed by atoms with Crippen molar-refractivity contribution in [1.29, 1.82) is 0 Å². The van der Waals surface area contributed by atoms with Crippen LogP contribution in [-0.2, 0) is 20.5 Å². The smallest absolute Gasteiger partial charge is 0.356 e. The summed E-state index contributed by atoms with van der Waals surface area (Å²) in [4.78, 5) is 29.1. The van der Waals surface area contributed by atoms with Crippen LogP contribution in [0.2, 0.25) is 0 Å². The Morgan fingerprint density at radius 3 is 2.56 bits per heavy atom. The minimum atomic E-state index is -4.28. The first-order chi connectivity index (χ1) is 7.45. The number of hydrogen-bond donors (Lipinski definition) is 2. The predicted molar refractivity (Wildman–Crippen MR) is 58.5 cm³/mol. The second kappa shape index (κ2) is 5.25. The lowest BCUT2D eigenvalue weighted by Crippen LogP contribution is -2.12. The first-order valence-electron chi connectivity index (χ1n) is 4.66. The molecule has 88 valence electrons. The van der Waals surface area contributed by atoms with Gasteiger partial charge in [-0.25, -0.2) is 0 Å². The molecule has 0 bridgehead atoms. The maximum atomic E-state index is 11.1. The van der Waals surface area contributed by atoms with Gasteiger partial charge in [0.25, 0.3) is 0 Å². The van der Waals surface area contributed by atoms with E-state index in [2.05, 4.69) is 4.74 Å². The average Bonchev–Trinajstić information content (AvgIpc) is 2.25. The Bertz CT molecular complexity index is 423. The fourth-order valence-corrected chi connectivity index (χ4v) is 2.19. The Morgan fingerprint density at radius 2 is 2.00 bits per heavy atom. The zero-order valence-corrected chi connectivity index (χ0v) is 9.68. The molecule has 2 N–H and O–H groups in total. The van der Waals surface area contributed by atoms with Gasteiger partial charge in [-0.1, -0.05) is 18.2 Å². The van der Waals surface area contributed by atoms with Crippen LogP contribution >= 0.6 is 7.60 Å². The maximum Gasteiger partial charge on any atom is 0.356 e. The molecule has 5 nitrogen and oxygen atoms in total. The topological polar surface area (TPSA) is 83.8 Å². The predicted octanol–water partition coefficient (Wildman–Crippen LogP) is 0.595. The van der Waals surface area contributed by atoms with Gasteiger partial charge in [-0.3, -0.25) is 9.36 Å². The third kappa shape index (κ3) is 3.45. The minimum Gasteiger partial charge on any atom is -0.469 e. The van der Waals surface area contributed by atoms with Crippen molar-refractivity contribution in [2.24, 2.45) is 0 Å². The lowest BCUT2D eigenvalue weighted by molar-refractivity contribution is -0.140. The van der Waals surface area contributed by atoms with Gasteiger partial charge in [0, 0.05) is 6.42 Å². The van der Waals surface area contributed by atoms with Crippen molar-refractivity contribution >= 4 is 18.9 Å². The Kier molecular flexibility index (Phi) is 4.24. The van der Waals surface area contributed by atoms with Crippen molar-refractivity contribution in [3.8, 4) is 0 Å². The van der Waals surface area contributed by atoms with Crippen molar-refractivity contribution in [3.63, 3.8) is 0 Å². The van der Waals surface area contributed by atoms with Crippen molar-refractivity contribution < 1.29 is 23.9 Å². The van der Waals surface area contributed by atoms with Crippen LogP contribution in [0.5, 0.6) is 0 Å². The summed E-state index contributed by atoms with van der Waals surface area (Å²) in [6.45, 7) is 0. The normalized spacial score (nSPS) is 11.2. The van der Waals surface area contributed by atoms with Crippen LogP contribution in [0.4, 0.5) is 0 Å². The molecule has 1 aromatic carbocycles. The summed E-state index contributed by atoms with van der Waals surface area (Å²) < 4.78 is 15.6. The second-order valence-electron chi connectivity index (χ2n) is 3.25. The van der Waals surface area contributed by atoms with Gasteiger partial charge < -0.3 is 14.5 Å². The summed E-state index contributed by atoms with van der Waals surface area (Å²) in [5.74, 6) is -0.402. The zero-order valence-electron chi connectivity index (χ0n) is 8.79. The van der Waals surface area contributed by atoms with Crippen LogP contribution in [-0.4, -0.2) is 22.9 Å². The number of methoxy groups -OCH3 is 1. The van der Waals surface area contributed by atoms with Crippen LogP contribution in [0, 0.1) is 0 Å². The second-order valence-corrected chi connectivity index (χ2v) is 4.82. The highest BCUT2D eigenvalue weighted by Crippen LogP contribution is 2.34. The maximum absolute atomic E-state index is 11.1. The molecular formula is C10H13O5P. The molecule has 0 aliphatic carbocycles. The quantitative estimate of drug-likeness (QED) is 0.598. The van der Waals surface area contributed by atoms with E-state index in [0.29, 0.717) is 5.56 Å². The molecule has 0 amide bonds. The van der Waals surface area contributed by atoms with Gasteiger partial charge in [0.1, 0.15) is 0 Å². The monoisotopic (exact) mass is 244 g/mol. The Hall–Kier alpha value is -1.16. The molecule has 6 heteroatoms. The Labute approximate surface area is 93.2 Å². The van der Waals surface area contributed by atoms with Gasteiger partial charge in [0.15, 0.2) is 0 Å². The van der Waals surface area contributed by atoms with E-state index < -0.39 is 13.6 Å². The molecular weight excluding hydrogens is 231 g/mol. The fourth-order valence-electron chi connectivity index (χ4n) is 1.35. The van der Waals surface area contributed by atoms with E-state index in [0.717, 1.165) is 0 Å². The van der Waals surface area contributed by atoms with E-state index in [1.54, 1.807) is 18.2 Å². The molecule has 0 aromatic heterocycles. The molecule has 16 heavy (non-hydrogen) atoms. The van der Waals surface area contributed by atoms with Gasteiger partial charge in [0.05, 0.1) is 12.4 Å². The third-order valence-electron chi connectivity index (χ3n) is 2.13. The largest absolute Gasteiger partial charge is 0.469 e. The molecule has 0 spiro atoms. The molecule has 0 saturated heterocycles. The molecule has 0 heterocycles.